The minimum Gasteiger partial charge on any atom is -0.485 e. The van der Waals surface area contributed by atoms with Crippen molar-refractivity contribution in [1.82, 2.24) is 4.57 Å². The number of ether oxygens (including phenoxy) is 1. The monoisotopic (exact) mass is 336 g/mol. The van der Waals surface area contributed by atoms with Crippen LogP contribution in [0.5, 0.6) is 5.75 Å². The maximum Gasteiger partial charge on any atom is 0.406 e. The molecule has 24 heavy (non-hydrogen) atoms. The number of ketones is 1. The SMILES string of the molecule is Cc1cc(C(=O)COc2cccc(C#N)c2)c(C)n1CC(F)(F)F. The van der Waals surface area contributed by atoms with Crippen LogP contribution in [-0.4, -0.2) is 23.1 Å². The van der Waals surface area contributed by atoms with Crippen LogP contribution in [-0.2, 0) is 6.54 Å². The molecule has 2 rings (SSSR count). The summed E-state index contributed by atoms with van der Waals surface area (Å²) in [6, 6.07) is 9.68. The highest BCUT2D eigenvalue weighted by Gasteiger charge is 2.30. The van der Waals surface area contributed by atoms with Crippen molar-refractivity contribution in [3.63, 3.8) is 0 Å². The van der Waals surface area contributed by atoms with Crippen molar-refractivity contribution in [1.29, 1.82) is 5.26 Å². The number of Topliss-reactive ketones (excluding diaryl/α,β-unsaturated/α-hetero) is 1. The molecule has 0 spiro atoms. The molecule has 0 N–H and O–H groups in total. The van der Waals surface area contributed by atoms with Gasteiger partial charge in [0.05, 0.1) is 11.6 Å². The van der Waals surface area contributed by atoms with Gasteiger partial charge < -0.3 is 9.30 Å². The van der Waals surface area contributed by atoms with Gasteiger partial charge in [-0.25, -0.2) is 0 Å². The number of aromatic nitrogens is 1. The molecule has 0 aliphatic carbocycles. The quantitative estimate of drug-likeness (QED) is 0.781. The van der Waals surface area contributed by atoms with Gasteiger partial charge in [0.15, 0.2) is 6.61 Å². The van der Waals surface area contributed by atoms with E-state index < -0.39 is 18.5 Å². The summed E-state index contributed by atoms with van der Waals surface area (Å²) in [4.78, 5) is 12.2. The van der Waals surface area contributed by atoms with Gasteiger partial charge in [-0.1, -0.05) is 6.07 Å². The summed E-state index contributed by atoms with van der Waals surface area (Å²) in [5.41, 5.74) is 1.21. The number of carbonyl (C=O) groups is 1. The van der Waals surface area contributed by atoms with Gasteiger partial charge in [0, 0.05) is 17.0 Å². The molecule has 0 bridgehead atoms. The molecular weight excluding hydrogens is 321 g/mol. The third kappa shape index (κ3) is 4.16. The molecule has 1 aromatic carbocycles. The molecule has 0 aliphatic rings. The number of benzene rings is 1. The van der Waals surface area contributed by atoms with Crippen molar-refractivity contribution in [3.05, 3.63) is 52.8 Å². The maximum atomic E-state index is 12.6. The molecule has 0 fully saturated rings. The summed E-state index contributed by atoms with van der Waals surface area (Å²) in [5.74, 6) is -0.0645. The van der Waals surface area contributed by atoms with E-state index in [-0.39, 0.29) is 17.9 Å². The van der Waals surface area contributed by atoms with Gasteiger partial charge in [-0.15, -0.1) is 0 Å². The molecule has 1 aromatic heterocycles. The molecule has 126 valence electrons. The molecule has 1 heterocycles. The van der Waals surface area contributed by atoms with E-state index in [1.165, 1.54) is 26.0 Å². The first kappa shape index (κ1) is 17.6. The summed E-state index contributed by atoms with van der Waals surface area (Å²) in [6.07, 6.45) is -4.36. The molecule has 0 saturated carbocycles. The van der Waals surface area contributed by atoms with Crippen LogP contribution in [0.2, 0.25) is 0 Å². The predicted molar refractivity (Wildman–Crippen MR) is 80.9 cm³/mol. The Hall–Kier alpha value is -2.75. The third-order valence-corrected chi connectivity index (χ3v) is 3.54. The lowest BCUT2D eigenvalue weighted by molar-refractivity contribution is -0.141. The normalized spacial score (nSPS) is 11.2. The highest BCUT2D eigenvalue weighted by molar-refractivity contribution is 5.98. The second-order valence-corrected chi connectivity index (χ2v) is 5.34. The van der Waals surface area contributed by atoms with E-state index in [9.17, 15) is 18.0 Å². The van der Waals surface area contributed by atoms with E-state index >= 15 is 0 Å². The molecule has 7 heteroatoms. The van der Waals surface area contributed by atoms with Crippen LogP contribution in [0.1, 0.15) is 27.3 Å². The number of halogens is 3. The summed E-state index contributed by atoms with van der Waals surface area (Å²) >= 11 is 0. The van der Waals surface area contributed by atoms with Gasteiger partial charge >= 0.3 is 6.18 Å². The second-order valence-electron chi connectivity index (χ2n) is 5.34. The van der Waals surface area contributed by atoms with Gasteiger partial charge in [-0.3, -0.25) is 4.79 Å². The zero-order valence-electron chi connectivity index (χ0n) is 13.1. The van der Waals surface area contributed by atoms with Gasteiger partial charge in [-0.05, 0) is 38.1 Å². The number of aryl methyl sites for hydroxylation is 1. The lowest BCUT2D eigenvalue weighted by Crippen LogP contribution is -2.20. The third-order valence-electron chi connectivity index (χ3n) is 3.54. The Labute approximate surface area is 137 Å². The number of carbonyl (C=O) groups excluding carboxylic acids is 1. The standard InChI is InChI=1S/C17H15F3N2O2/c1-11-6-15(12(2)22(11)10-17(18,19)20)16(23)9-24-14-5-3-4-13(7-14)8-21/h3-7H,9-10H2,1-2H3. The zero-order chi connectivity index (χ0) is 17.9. The van der Waals surface area contributed by atoms with Crippen LogP contribution in [0.15, 0.2) is 30.3 Å². The topological polar surface area (TPSA) is 55.0 Å². The van der Waals surface area contributed by atoms with E-state index in [0.717, 1.165) is 4.57 Å². The Balaban J connectivity index is 2.13. The fourth-order valence-electron chi connectivity index (χ4n) is 2.39. The van der Waals surface area contributed by atoms with E-state index in [1.807, 2.05) is 6.07 Å². The van der Waals surface area contributed by atoms with E-state index in [1.54, 1.807) is 18.2 Å². The molecule has 0 amide bonds. The fourth-order valence-corrected chi connectivity index (χ4v) is 2.39. The van der Waals surface area contributed by atoms with Crippen LogP contribution in [0.3, 0.4) is 0 Å². The van der Waals surface area contributed by atoms with Gasteiger partial charge in [-0.2, -0.15) is 18.4 Å². The smallest absolute Gasteiger partial charge is 0.406 e. The molecular formula is C17H15F3N2O2. The van der Waals surface area contributed by atoms with Crippen LogP contribution in [0.25, 0.3) is 0 Å². The molecule has 0 radical (unpaired) electrons. The van der Waals surface area contributed by atoms with Crippen LogP contribution in [0, 0.1) is 25.2 Å². The number of alkyl halides is 3. The molecule has 0 unspecified atom stereocenters. The zero-order valence-corrected chi connectivity index (χ0v) is 13.1. The van der Waals surface area contributed by atoms with Crippen molar-refractivity contribution in [2.45, 2.75) is 26.6 Å². The van der Waals surface area contributed by atoms with Gasteiger partial charge in [0.1, 0.15) is 12.3 Å². The van der Waals surface area contributed by atoms with Crippen LogP contribution >= 0.6 is 0 Å². The Bertz CT molecular complexity index is 801. The maximum absolute atomic E-state index is 12.6. The summed E-state index contributed by atoms with van der Waals surface area (Å²) in [6.45, 7) is 1.54. The molecule has 0 saturated heterocycles. The average molecular weight is 336 g/mol. The Morgan fingerprint density at radius 2 is 2.00 bits per heavy atom. The molecule has 0 aliphatic heterocycles. The van der Waals surface area contributed by atoms with Crippen molar-refractivity contribution >= 4 is 5.78 Å². The van der Waals surface area contributed by atoms with Gasteiger partial charge in [0.2, 0.25) is 5.78 Å². The van der Waals surface area contributed by atoms with E-state index in [4.69, 9.17) is 10.00 Å². The lowest BCUT2D eigenvalue weighted by atomic mass is 10.1. The van der Waals surface area contributed by atoms with E-state index in [0.29, 0.717) is 17.0 Å². The number of hydrogen-bond donors (Lipinski definition) is 0. The van der Waals surface area contributed by atoms with Crippen molar-refractivity contribution in [3.8, 4) is 11.8 Å². The minimum absolute atomic E-state index is 0.202. The van der Waals surface area contributed by atoms with Crippen LogP contribution < -0.4 is 4.74 Å². The lowest BCUT2D eigenvalue weighted by Gasteiger charge is -2.12. The Morgan fingerprint density at radius 1 is 1.29 bits per heavy atom. The Morgan fingerprint density at radius 3 is 2.62 bits per heavy atom. The fraction of sp³-hybridized carbons (Fsp3) is 0.294. The number of hydrogen-bond acceptors (Lipinski definition) is 3. The van der Waals surface area contributed by atoms with Crippen molar-refractivity contribution in [2.24, 2.45) is 0 Å². The van der Waals surface area contributed by atoms with Crippen molar-refractivity contribution < 1.29 is 22.7 Å². The van der Waals surface area contributed by atoms with Crippen molar-refractivity contribution in [2.75, 3.05) is 6.61 Å². The average Bonchev–Trinajstić information content (AvgIpc) is 2.79. The second kappa shape index (κ2) is 6.79. The van der Waals surface area contributed by atoms with Gasteiger partial charge in [0.25, 0.3) is 0 Å². The molecule has 4 nitrogen and oxygen atoms in total. The largest absolute Gasteiger partial charge is 0.485 e. The van der Waals surface area contributed by atoms with Crippen LogP contribution in [0.4, 0.5) is 13.2 Å². The summed E-state index contributed by atoms with van der Waals surface area (Å²) in [7, 11) is 0. The summed E-state index contributed by atoms with van der Waals surface area (Å²) < 4.78 is 44.2. The highest BCUT2D eigenvalue weighted by Crippen LogP contribution is 2.23. The predicted octanol–water partition coefficient (Wildman–Crippen LogP) is 3.80. The summed E-state index contributed by atoms with van der Waals surface area (Å²) in [5, 5.41) is 8.81. The molecule has 2 aromatic rings. The number of nitrogens with zero attached hydrogens (tertiary/aromatic N) is 2. The number of rotatable bonds is 5. The first-order valence-electron chi connectivity index (χ1n) is 7.11. The number of nitriles is 1. The minimum atomic E-state index is -4.36. The van der Waals surface area contributed by atoms with E-state index in [2.05, 4.69) is 0 Å². The first-order valence-corrected chi connectivity index (χ1v) is 7.11. The first-order chi connectivity index (χ1) is 11.2. The molecule has 0 atom stereocenters. The highest BCUT2D eigenvalue weighted by atomic mass is 19.4. The Kier molecular flexibility index (Phi) is 4.98.